The van der Waals surface area contributed by atoms with Crippen molar-refractivity contribution in [1.29, 1.82) is 0 Å². The first kappa shape index (κ1) is 15.7. The molecule has 1 N–H and O–H groups in total. The Bertz CT molecular complexity index is 893. The molecular weight excluding hydrogens is 322 g/mol. The summed E-state index contributed by atoms with van der Waals surface area (Å²) in [5, 5.41) is 11.3. The molecule has 128 valence electrons. The second-order valence-electron chi connectivity index (χ2n) is 6.24. The fourth-order valence-corrected chi connectivity index (χ4v) is 3.60. The number of carbonyl (C=O) groups excluding carboxylic acids is 2. The number of hydrogen-bond acceptors (Lipinski definition) is 5. The van der Waals surface area contributed by atoms with Crippen LogP contribution in [0.1, 0.15) is 15.9 Å². The van der Waals surface area contributed by atoms with Crippen molar-refractivity contribution in [3.8, 4) is 11.5 Å². The van der Waals surface area contributed by atoms with Gasteiger partial charge in [0.05, 0.1) is 24.3 Å². The van der Waals surface area contributed by atoms with Crippen LogP contribution in [-0.4, -0.2) is 37.6 Å². The molecular formula is C19H17NO5. The fourth-order valence-electron chi connectivity index (χ4n) is 3.60. The molecule has 0 saturated heterocycles. The molecule has 0 saturated carbocycles. The number of fused-ring (bicyclic) bond motifs is 2. The first-order valence-electron chi connectivity index (χ1n) is 7.93. The van der Waals surface area contributed by atoms with Crippen LogP contribution in [0.3, 0.4) is 0 Å². The number of Topliss-reactive ketones (excluding diaryl/α,β-unsaturated/α-hetero) is 1. The van der Waals surface area contributed by atoms with E-state index in [1.807, 2.05) is 0 Å². The number of likely N-dealkylation sites (N-methyl/N-ethyl adjacent to an activating group) is 1. The lowest BCUT2D eigenvalue weighted by molar-refractivity contribution is -0.141. The lowest BCUT2D eigenvalue weighted by Gasteiger charge is -2.33. The second-order valence-corrected chi connectivity index (χ2v) is 6.24. The number of para-hydroxylation sites is 1. The van der Waals surface area contributed by atoms with Crippen LogP contribution >= 0.6 is 0 Å². The average molecular weight is 339 g/mol. The molecule has 6 nitrogen and oxygen atoms in total. The molecule has 2 aromatic carbocycles. The Morgan fingerprint density at radius 1 is 1.24 bits per heavy atom. The average Bonchev–Trinajstić information content (AvgIpc) is 2.84. The molecule has 0 aromatic heterocycles. The first-order valence-corrected chi connectivity index (χ1v) is 7.93. The van der Waals surface area contributed by atoms with Crippen LogP contribution in [0.25, 0.3) is 0 Å². The summed E-state index contributed by atoms with van der Waals surface area (Å²) in [6, 6.07) is 11.8. The minimum Gasteiger partial charge on any atom is -0.497 e. The van der Waals surface area contributed by atoms with Gasteiger partial charge < -0.3 is 19.5 Å². The van der Waals surface area contributed by atoms with Crippen molar-refractivity contribution < 1.29 is 24.2 Å². The molecule has 2 aliphatic rings. The molecule has 2 heterocycles. The van der Waals surface area contributed by atoms with Crippen LogP contribution in [0.5, 0.6) is 11.5 Å². The van der Waals surface area contributed by atoms with Gasteiger partial charge in [-0.1, -0.05) is 18.2 Å². The van der Waals surface area contributed by atoms with E-state index in [0.29, 0.717) is 28.3 Å². The van der Waals surface area contributed by atoms with Gasteiger partial charge in [0.25, 0.3) is 5.91 Å². The zero-order valence-corrected chi connectivity index (χ0v) is 13.9. The van der Waals surface area contributed by atoms with Crippen LogP contribution in [0.4, 0.5) is 5.69 Å². The third-order valence-electron chi connectivity index (χ3n) is 4.99. The van der Waals surface area contributed by atoms with E-state index in [1.54, 1.807) is 49.5 Å². The number of ketones is 1. The smallest absolute Gasteiger partial charge is 0.264 e. The number of hydrogen-bond donors (Lipinski definition) is 1. The number of aliphatic hydroxyl groups is 1. The Morgan fingerprint density at radius 2 is 2.00 bits per heavy atom. The number of methoxy groups -OCH3 is 1. The number of benzene rings is 2. The standard InChI is InChI=1S/C19H17NO5/c1-20-15-6-4-3-5-13(15)19(23,18(20)22)14-10-25-16-9-11(24-2)7-8-12(16)17(14)21/h3-9,14,23H,10H2,1-2H3/t14-,19-/m1/s1. The highest BCUT2D eigenvalue weighted by Gasteiger charge is 2.57. The quantitative estimate of drug-likeness (QED) is 0.902. The van der Waals surface area contributed by atoms with E-state index in [9.17, 15) is 14.7 Å². The Balaban J connectivity index is 1.80. The summed E-state index contributed by atoms with van der Waals surface area (Å²) in [6.07, 6.45) is 0. The third-order valence-corrected chi connectivity index (χ3v) is 4.99. The molecule has 0 radical (unpaired) electrons. The lowest BCUT2D eigenvalue weighted by atomic mass is 9.77. The van der Waals surface area contributed by atoms with Gasteiger partial charge in [0.15, 0.2) is 11.4 Å². The SMILES string of the molecule is COc1ccc2c(c1)OC[C@@H]([C@@]1(O)C(=O)N(C)c3ccccc31)C2=O. The number of rotatable bonds is 2. The largest absolute Gasteiger partial charge is 0.497 e. The van der Waals surface area contributed by atoms with Gasteiger partial charge in [0.2, 0.25) is 0 Å². The number of amides is 1. The van der Waals surface area contributed by atoms with Gasteiger partial charge in [-0.15, -0.1) is 0 Å². The molecule has 2 aromatic rings. The van der Waals surface area contributed by atoms with E-state index in [-0.39, 0.29) is 12.4 Å². The fraction of sp³-hybridized carbons (Fsp3) is 0.263. The summed E-state index contributed by atoms with van der Waals surface area (Å²) < 4.78 is 10.8. The van der Waals surface area contributed by atoms with E-state index >= 15 is 0 Å². The molecule has 2 aliphatic heterocycles. The highest BCUT2D eigenvalue weighted by atomic mass is 16.5. The highest BCUT2D eigenvalue weighted by Crippen LogP contribution is 2.47. The van der Waals surface area contributed by atoms with E-state index in [0.717, 1.165) is 0 Å². The normalized spacial score (nSPS) is 24.6. The van der Waals surface area contributed by atoms with Crippen molar-refractivity contribution in [3.05, 3.63) is 53.6 Å². The summed E-state index contributed by atoms with van der Waals surface area (Å²) in [5.41, 5.74) is -0.560. The molecule has 1 amide bonds. The molecule has 2 atom stereocenters. The monoisotopic (exact) mass is 339 g/mol. The molecule has 0 aliphatic carbocycles. The van der Waals surface area contributed by atoms with Gasteiger partial charge in [0, 0.05) is 18.7 Å². The molecule has 0 fully saturated rings. The second kappa shape index (κ2) is 5.32. The molecule has 6 heteroatoms. The summed E-state index contributed by atoms with van der Waals surface area (Å²) in [5.74, 6) is -0.869. The number of carbonyl (C=O) groups is 2. The van der Waals surface area contributed by atoms with Gasteiger partial charge in [-0.05, 0) is 18.2 Å². The van der Waals surface area contributed by atoms with E-state index in [1.165, 1.54) is 12.0 Å². The highest BCUT2D eigenvalue weighted by molar-refractivity contribution is 6.12. The molecule has 25 heavy (non-hydrogen) atoms. The lowest BCUT2D eigenvalue weighted by Crippen LogP contribution is -2.51. The van der Waals surface area contributed by atoms with Crippen LogP contribution in [0.2, 0.25) is 0 Å². The third kappa shape index (κ3) is 2.01. The molecule has 0 spiro atoms. The summed E-state index contributed by atoms with van der Waals surface area (Å²) in [4.78, 5) is 27.2. The van der Waals surface area contributed by atoms with Crippen molar-refractivity contribution in [2.75, 3.05) is 25.7 Å². The summed E-state index contributed by atoms with van der Waals surface area (Å²) in [6.45, 7) is -0.0799. The van der Waals surface area contributed by atoms with Crippen molar-refractivity contribution in [1.82, 2.24) is 0 Å². The van der Waals surface area contributed by atoms with E-state index in [4.69, 9.17) is 9.47 Å². The molecule has 0 unspecified atom stereocenters. The van der Waals surface area contributed by atoms with Crippen molar-refractivity contribution in [2.24, 2.45) is 5.92 Å². The van der Waals surface area contributed by atoms with Crippen LogP contribution in [0.15, 0.2) is 42.5 Å². The van der Waals surface area contributed by atoms with Gasteiger partial charge in [-0.2, -0.15) is 0 Å². The number of ether oxygens (including phenoxy) is 2. The number of nitrogens with zero attached hydrogens (tertiary/aromatic N) is 1. The summed E-state index contributed by atoms with van der Waals surface area (Å²) >= 11 is 0. The minimum atomic E-state index is -1.93. The zero-order valence-electron chi connectivity index (χ0n) is 13.9. The summed E-state index contributed by atoms with van der Waals surface area (Å²) in [7, 11) is 3.12. The maximum absolute atomic E-state index is 13.0. The Kier molecular flexibility index (Phi) is 3.33. The van der Waals surface area contributed by atoms with Crippen molar-refractivity contribution in [3.63, 3.8) is 0 Å². The maximum Gasteiger partial charge on any atom is 0.264 e. The van der Waals surface area contributed by atoms with E-state index in [2.05, 4.69) is 0 Å². The zero-order chi connectivity index (χ0) is 17.8. The predicted octanol–water partition coefficient (Wildman–Crippen LogP) is 1.75. The maximum atomic E-state index is 13.0. The number of anilines is 1. The Labute approximate surface area is 144 Å². The molecule has 4 rings (SSSR count). The Morgan fingerprint density at radius 3 is 2.76 bits per heavy atom. The van der Waals surface area contributed by atoms with Crippen molar-refractivity contribution >= 4 is 17.4 Å². The minimum absolute atomic E-state index is 0.0799. The first-order chi connectivity index (χ1) is 12.0. The molecule has 0 bridgehead atoms. The predicted molar refractivity (Wildman–Crippen MR) is 90.1 cm³/mol. The van der Waals surface area contributed by atoms with E-state index < -0.39 is 17.4 Å². The topological polar surface area (TPSA) is 76.1 Å². The Hall–Kier alpha value is -2.86. The van der Waals surface area contributed by atoms with Crippen LogP contribution in [-0.2, 0) is 10.4 Å². The van der Waals surface area contributed by atoms with Gasteiger partial charge in [-0.3, -0.25) is 9.59 Å². The van der Waals surface area contributed by atoms with Gasteiger partial charge in [0.1, 0.15) is 18.1 Å². The van der Waals surface area contributed by atoms with Gasteiger partial charge >= 0.3 is 0 Å². The van der Waals surface area contributed by atoms with Gasteiger partial charge in [-0.25, -0.2) is 0 Å². The van der Waals surface area contributed by atoms with Crippen molar-refractivity contribution in [2.45, 2.75) is 5.60 Å². The van der Waals surface area contributed by atoms with Crippen LogP contribution < -0.4 is 14.4 Å². The van der Waals surface area contributed by atoms with Crippen LogP contribution in [0, 0.1) is 5.92 Å².